The maximum absolute atomic E-state index is 11.8. The fourth-order valence-corrected chi connectivity index (χ4v) is 3.64. The van der Waals surface area contributed by atoms with Crippen molar-refractivity contribution in [3.63, 3.8) is 0 Å². The van der Waals surface area contributed by atoms with Crippen LogP contribution in [0.25, 0.3) is 0 Å². The van der Waals surface area contributed by atoms with Gasteiger partial charge in [0.25, 0.3) is 0 Å². The van der Waals surface area contributed by atoms with E-state index in [1.165, 1.54) is 34.2 Å². The molecule has 2 N–H and O–H groups in total. The summed E-state index contributed by atoms with van der Waals surface area (Å²) in [6.45, 7) is 7.08. The second kappa shape index (κ2) is 9.64. The maximum Gasteiger partial charge on any atom is 0.230 e. The van der Waals surface area contributed by atoms with Crippen LogP contribution in [-0.2, 0) is 4.79 Å². The predicted octanol–water partition coefficient (Wildman–Crippen LogP) is 4.30. The number of carbonyl (C=O) groups is 1. The Morgan fingerprint density at radius 1 is 1.21 bits per heavy atom. The van der Waals surface area contributed by atoms with Crippen molar-refractivity contribution < 1.29 is 4.79 Å². The lowest BCUT2D eigenvalue weighted by atomic mass is 10.1. The number of thioether (sulfide) groups is 1. The van der Waals surface area contributed by atoms with Crippen LogP contribution in [-0.4, -0.2) is 28.4 Å². The number of hydrogen-bond acceptors (Lipinski definition) is 6. The standard InChI is InChI=1S/C17H24N4OS2/c1-4-5-6-9-18-15(22)11-23-17-21-20-16(24-17)19-14-8-7-12(2)13(3)10-14/h7-8,10H,4-6,9,11H2,1-3H3,(H,18,22)(H,19,20). The van der Waals surface area contributed by atoms with Gasteiger partial charge in [0.15, 0.2) is 4.34 Å². The fraction of sp³-hybridized carbons (Fsp3) is 0.471. The second-order valence-electron chi connectivity index (χ2n) is 5.64. The number of benzene rings is 1. The van der Waals surface area contributed by atoms with Crippen molar-refractivity contribution in [1.82, 2.24) is 15.5 Å². The van der Waals surface area contributed by atoms with Gasteiger partial charge in [-0.15, -0.1) is 10.2 Å². The molecule has 0 radical (unpaired) electrons. The van der Waals surface area contributed by atoms with Crippen LogP contribution in [0.4, 0.5) is 10.8 Å². The summed E-state index contributed by atoms with van der Waals surface area (Å²) in [7, 11) is 0. The zero-order valence-corrected chi connectivity index (χ0v) is 16.0. The molecule has 130 valence electrons. The first-order valence-electron chi connectivity index (χ1n) is 8.15. The molecule has 0 saturated heterocycles. The summed E-state index contributed by atoms with van der Waals surface area (Å²) in [5.41, 5.74) is 3.50. The van der Waals surface area contributed by atoms with Crippen molar-refractivity contribution >= 4 is 39.8 Å². The van der Waals surface area contributed by atoms with E-state index >= 15 is 0 Å². The average Bonchev–Trinajstić information content (AvgIpc) is 3.01. The number of anilines is 2. The number of aryl methyl sites for hydroxylation is 2. The Labute approximate surface area is 151 Å². The molecular formula is C17H24N4OS2. The molecule has 1 heterocycles. The van der Waals surface area contributed by atoms with Crippen molar-refractivity contribution in [2.45, 2.75) is 44.4 Å². The number of unbranched alkanes of at least 4 members (excludes halogenated alkanes) is 2. The average molecular weight is 365 g/mol. The van der Waals surface area contributed by atoms with Crippen molar-refractivity contribution in [2.75, 3.05) is 17.6 Å². The molecule has 2 aromatic rings. The van der Waals surface area contributed by atoms with E-state index in [2.05, 4.69) is 53.7 Å². The topological polar surface area (TPSA) is 66.9 Å². The smallest absolute Gasteiger partial charge is 0.230 e. The summed E-state index contributed by atoms with van der Waals surface area (Å²) in [5, 5.41) is 15.2. The number of nitrogens with zero attached hydrogens (tertiary/aromatic N) is 2. The van der Waals surface area contributed by atoms with Crippen molar-refractivity contribution in [1.29, 1.82) is 0 Å². The molecule has 0 spiro atoms. The number of nitrogens with one attached hydrogen (secondary N) is 2. The van der Waals surface area contributed by atoms with Crippen LogP contribution >= 0.6 is 23.1 Å². The monoisotopic (exact) mass is 364 g/mol. The number of rotatable bonds is 9. The lowest BCUT2D eigenvalue weighted by Crippen LogP contribution is -2.26. The van der Waals surface area contributed by atoms with E-state index in [1.807, 2.05) is 6.07 Å². The molecule has 5 nitrogen and oxygen atoms in total. The molecule has 0 atom stereocenters. The van der Waals surface area contributed by atoms with Crippen LogP contribution in [0.3, 0.4) is 0 Å². The summed E-state index contributed by atoms with van der Waals surface area (Å²) in [6.07, 6.45) is 3.35. The Morgan fingerprint density at radius 3 is 2.79 bits per heavy atom. The highest BCUT2D eigenvalue weighted by atomic mass is 32.2. The summed E-state index contributed by atoms with van der Waals surface area (Å²) < 4.78 is 0.796. The molecule has 1 aromatic carbocycles. The Balaban J connectivity index is 1.78. The Bertz CT molecular complexity index is 672. The van der Waals surface area contributed by atoms with E-state index in [0.29, 0.717) is 5.75 Å². The van der Waals surface area contributed by atoms with E-state index in [9.17, 15) is 4.79 Å². The minimum atomic E-state index is 0.0509. The fourth-order valence-electron chi connectivity index (χ4n) is 2.04. The quantitative estimate of drug-likeness (QED) is 0.513. The molecule has 0 bridgehead atoms. The van der Waals surface area contributed by atoms with Gasteiger partial charge in [0.1, 0.15) is 0 Å². The highest BCUT2D eigenvalue weighted by Gasteiger charge is 2.08. The molecule has 0 saturated carbocycles. The minimum Gasteiger partial charge on any atom is -0.355 e. The molecule has 0 aliphatic carbocycles. The highest BCUT2D eigenvalue weighted by molar-refractivity contribution is 8.01. The Kier molecular flexibility index (Phi) is 7.52. The van der Waals surface area contributed by atoms with E-state index in [-0.39, 0.29) is 5.91 Å². The summed E-state index contributed by atoms with van der Waals surface area (Å²) in [6, 6.07) is 6.20. The lowest BCUT2D eigenvalue weighted by Gasteiger charge is -2.05. The second-order valence-corrected chi connectivity index (χ2v) is 7.84. The van der Waals surface area contributed by atoms with Crippen molar-refractivity contribution in [3.05, 3.63) is 29.3 Å². The SMILES string of the molecule is CCCCCNC(=O)CSc1nnc(Nc2ccc(C)c(C)c2)s1. The van der Waals surface area contributed by atoms with Crippen molar-refractivity contribution in [3.8, 4) is 0 Å². The Morgan fingerprint density at radius 2 is 2.04 bits per heavy atom. The first kappa shape index (κ1) is 18.7. The van der Waals surface area contributed by atoms with Crippen LogP contribution in [0.1, 0.15) is 37.3 Å². The van der Waals surface area contributed by atoms with Crippen LogP contribution in [0.2, 0.25) is 0 Å². The number of carbonyl (C=O) groups excluding carboxylic acids is 1. The number of amides is 1. The molecule has 7 heteroatoms. The van der Waals surface area contributed by atoms with Gasteiger partial charge in [-0.1, -0.05) is 48.9 Å². The van der Waals surface area contributed by atoms with Gasteiger partial charge >= 0.3 is 0 Å². The first-order valence-corrected chi connectivity index (χ1v) is 9.96. The third-order valence-electron chi connectivity index (χ3n) is 3.59. The van der Waals surface area contributed by atoms with E-state index in [0.717, 1.165) is 41.0 Å². The van der Waals surface area contributed by atoms with E-state index in [4.69, 9.17) is 0 Å². The van der Waals surface area contributed by atoms with Gasteiger partial charge in [0.2, 0.25) is 11.0 Å². The molecule has 1 amide bonds. The Hall–Kier alpha value is -1.60. The molecule has 24 heavy (non-hydrogen) atoms. The third kappa shape index (κ3) is 6.13. The molecule has 2 rings (SSSR count). The zero-order chi connectivity index (χ0) is 17.4. The molecule has 0 unspecified atom stereocenters. The van der Waals surface area contributed by atoms with E-state index in [1.54, 1.807) is 0 Å². The van der Waals surface area contributed by atoms with E-state index < -0.39 is 0 Å². The number of aromatic nitrogens is 2. The van der Waals surface area contributed by atoms with Gasteiger partial charge in [-0.05, 0) is 43.5 Å². The van der Waals surface area contributed by atoms with Crippen LogP contribution in [0, 0.1) is 13.8 Å². The highest BCUT2D eigenvalue weighted by Crippen LogP contribution is 2.28. The summed E-state index contributed by atoms with van der Waals surface area (Å²) >= 11 is 2.88. The van der Waals surface area contributed by atoms with Crippen LogP contribution in [0.5, 0.6) is 0 Å². The molecule has 0 fully saturated rings. The van der Waals surface area contributed by atoms with Crippen LogP contribution < -0.4 is 10.6 Å². The van der Waals surface area contributed by atoms with Gasteiger partial charge < -0.3 is 10.6 Å². The summed E-state index contributed by atoms with van der Waals surface area (Å²) in [5.74, 6) is 0.430. The zero-order valence-electron chi connectivity index (χ0n) is 14.4. The molecular weight excluding hydrogens is 340 g/mol. The largest absolute Gasteiger partial charge is 0.355 e. The third-order valence-corrected chi connectivity index (χ3v) is 5.57. The van der Waals surface area contributed by atoms with Gasteiger partial charge in [-0.2, -0.15) is 0 Å². The van der Waals surface area contributed by atoms with Gasteiger partial charge in [0, 0.05) is 12.2 Å². The summed E-state index contributed by atoms with van der Waals surface area (Å²) in [4.78, 5) is 11.8. The predicted molar refractivity (Wildman–Crippen MR) is 102 cm³/mol. The van der Waals surface area contributed by atoms with Gasteiger partial charge in [-0.25, -0.2) is 0 Å². The normalized spacial score (nSPS) is 10.6. The number of hydrogen-bond donors (Lipinski definition) is 2. The maximum atomic E-state index is 11.8. The molecule has 1 aromatic heterocycles. The van der Waals surface area contributed by atoms with Crippen LogP contribution in [0.15, 0.2) is 22.5 Å². The molecule has 0 aliphatic rings. The molecule has 0 aliphatic heterocycles. The lowest BCUT2D eigenvalue weighted by molar-refractivity contribution is -0.118. The minimum absolute atomic E-state index is 0.0509. The van der Waals surface area contributed by atoms with Gasteiger partial charge in [0.05, 0.1) is 5.75 Å². The first-order chi connectivity index (χ1) is 11.6. The van der Waals surface area contributed by atoms with Crippen molar-refractivity contribution in [2.24, 2.45) is 0 Å². The van der Waals surface area contributed by atoms with Gasteiger partial charge in [-0.3, -0.25) is 4.79 Å².